The monoisotopic (exact) mass is 260 g/mol. The molecule has 3 heteroatoms. The van der Waals surface area contributed by atoms with Crippen molar-refractivity contribution in [2.24, 2.45) is 0 Å². The van der Waals surface area contributed by atoms with Crippen molar-refractivity contribution in [3.63, 3.8) is 0 Å². The third-order valence-corrected chi connectivity index (χ3v) is 4.15. The Balaban J connectivity index is 1.85. The highest BCUT2D eigenvalue weighted by molar-refractivity contribution is 5.96. The number of rotatable bonds is 4. The molecular weight excluding hydrogens is 236 g/mol. The number of Topliss-reactive ketones (excluding diaryl/α,β-unsaturated/α-hetero) is 1. The Bertz CT molecular complexity index is 428. The van der Waals surface area contributed by atoms with Crippen molar-refractivity contribution in [1.82, 2.24) is 9.80 Å². The molecule has 0 bridgehead atoms. The molecule has 104 valence electrons. The number of piperazine rings is 1. The number of benzene rings is 1. The van der Waals surface area contributed by atoms with Gasteiger partial charge in [-0.3, -0.25) is 14.6 Å². The molecule has 1 fully saturated rings. The highest BCUT2D eigenvalue weighted by Crippen LogP contribution is 2.19. The van der Waals surface area contributed by atoms with Crippen molar-refractivity contribution in [3.05, 3.63) is 35.9 Å². The first kappa shape index (κ1) is 14.2. The van der Waals surface area contributed by atoms with Crippen molar-refractivity contribution < 1.29 is 4.79 Å². The average molecular weight is 260 g/mol. The zero-order valence-electron chi connectivity index (χ0n) is 12.2. The molecule has 1 aromatic rings. The molecule has 1 aromatic carbocycles. The van der Waals surface area contributed by atoms with E-state index in [0.717, 1.165) is 31.7 Å². The number of ketones is 1. The van der Waals surface area contributed by atoms with Crippen molar-refractivity contribution in [2.45, 2.75) is 25.8 Å². The van der Waals surface area contributed by atoms with E-state index in [2.05, 4.69) is 30.7 Å². The summed E-state index contributed by atoms with van der Waals surface area (Å²) in [4.78, 5) is 16.9. The molecule has 19 heavy (non-hydrogen) atoms. The molecule has 0 N–H and O–H groups in total. The lowest BCUT2D eigenvalue weighted by Gasteiger charge is -2.45. The zero-order chi connectivity index (χ0) is 13.9. The number of hydrogen-bond donors (Lipinski definition) is 0. The zero-order valence-corrected chi connectivity index (χ0v) is 12.2. The van der Waals surface area contributed by atoms with Crippen LogP contribution in [0.2, 0.25) is 0 Å². The first-order chi connectivity index (χ1) is 8.99. The van der Waals surface area contributed by atoms with E-state index >= 15 is 0 Å². The third kappa shape index (κ3) is 3.64. The minimum atomic E-state index is 0.202. The summed E-state index contributed by atoms with van der Waals surface area (Å²) in [5.74, 6) is 0.248. The maximum Gasteiger partial charge on any atom is 0.164 e. The highest BCUT2D eigenvalue weighted by atomic mass is 16.1. The van der Waals surface area contributed by atoms with Gasteiger partial charge in [0.25, 0.3) is 0 Å². The number of carbonyl (C=O) groups is 1. The minimum Gasteiger partial charge on any atom is -0.300 e. The Labute approximate surface area is 116 Å². The van der Waals surface area contributed by atoms with Gasteiger partial charge in [0.2, 0.25) is 0 Å². The number of carbonyl (C=O) groups excluding carboxylic acids is 1. The van der Waals surface area contributed by atoms with Gasteiger partial charge >= 0.3 is 0 Å². The fourth-order valence-corrected chi connectivity index (χ4v) is 2.56. The quantitative estimate of drug-likeness (QED) is 0.776. The second-order valence-electron chi connectivity index (χ2n) is 6.05. The summed E-state index contributed by atoms with van der Waals surface area (Å²) in [6.45, 7) is 8.56. The molecule has 0 aromatic heterocycles. The summed E-state index contributed by atoms with van der Waals surface area (Å²) < 4.78 is 0. The van der Waals surface area contributed by atoms with E-state index < -0.39 is 0 Å². The number of likely N-dealkylation sites (N-methyl/N-ethyl adjacent to an activating group) is 1. The molecule has 0 amide bonds. The average Bonchev–Trinajstić information content (AvgIpc) is 2.40. The number of nitrogens with zero attached hydrogens (tertiary/aromatic N) is 2. The van der Waals surface area contributed by atoms with Crippen LogP contribution in [0, 0.1) is 0 Å². The SMILES string of the molecule is CN1CCN(CCC(=O)c2ccccc2)CC1(C)C. The minimum absolute atomic E-state index is 0.202. The van der Waals surface area contributed by atoms with E-state index in [1.165, 1.54) is 0 Å². The predicted octanol–water partition coefficient (Wildman–Crippen LogP) is 2.29. The van der Waals surface area contributed by atoms with Crippen molar-refractivity contribution in [2.75, 3.05) is 33.2 Å². The smallest absolute Gasteiger partial charge is 0.164 e. The summed E-state index contributed by atoms with van der Waals surface area (Å²) in [7, 11) is 2.17. The normalized spacial score (nSPS) is 20.4. The molecule has 1 heterocycles. The largest absolute Gasteiger partial charge is 0.300 e. The van der Waals surface area contributed by atoms with Gasteiger partial charge in [-0.1, -0.05) is 30.3 Å². The first-order valence-electron chi connectivity index (χ1n) is 7.01. The molecule has 0 unspecified atom stereocenters. The molecule has 0 atom stereocenters. The lowest BCUT2D eigenvalue weighted by Crippen LogP contribution is -2.57. The van der Waals surface area contributed by atoms with Gasteiger partial charge in [-0.15, -0.1) is 0 Å². The number of hydrogen-bond acceptors (Lipinski definition) is 3. The Morgan fingerprint density at radius 1 is 1.21 bits per heavy atom. The summed E-state index contributed by atoms with van der Waals surface area (Å²) in [6, 6.07) is 9.59. The predicted molar refractivity (Wildman–Crippen MR) is 78.5 cm³/mol. The van der Waals surface area contributed by atoms with E-state index in [1.807, 2.05) is 30.3 Å². The van der Waals surface area contributed by atoms with Gasteiger partial charge < -0.3 is 0 Å². The molecule has 0 aliphatic carbocycles. The van der Waals surface area contributed by atoms with Gasteiger partial charge in [-0.25, -0.2) is 0 Å². The van der Waals surface area contributed by atoms with Gasteiger partial charge in [0.15, 0.2) is 5.78 Å². The van der Waals surface area contributed by atoms with E-state index in [-0.39, 0.29) is 11.3 Å². The fraction of sp³-hybridized carbons (Fsp3) is 0.562. The lowest BCUT2D eigenvalue weighted by atomic mass is 9.99. The van der Waals surface area contributed by atoms with Crippen LogP contribution in [0.4, 0.5) is 0 Å². The summed E-state index contributed by atoms with van der Waals surface area (Å²) >= 11 is 0. The fourth-order valence-electron chi connectivity index (χ4n) is 2.56. The maximum atomic E-state index is 12.1. The van der Waals surface area contributed by atoms with Crippen LogP contribution in [-0.4, -0.2) is 54.3 Å². The molecular formula is C16H24N2O. The maximum absolute atomic E-state index is 12.1. The topological polar surface area (TPSA) is 23.6 Å². The second-order valence-corrected chi connectivity index (χ2v) is 6.05. The molecule has 0 saturated carbocycles. The standard InChI is InChI=1S/C16H24N2O/c1-16(2)13-18(12-11-17(16)3)10-9-15(19)14-7-5-4-6-8-14/h4-8H,9-13H2,1-3H3. The Morgan fingerprint density at radius 3 is 2.53 bits per heavy atom. The van der Waals surface area contributed by atoms with Crippen LogP contribution in [-0.2, 0) is 0 Å². The van der Waals surface area contributed by atoms with E-state index in [4.69, 9.17) is 0 Å². The van der Waals surface area contributed by atoms with E-state index in [1.54, 1.807) is 0 Å². The van der Waals surface area contributed by atoms with Crippen molar-refractivity contribution >= 4 is 5.78 Å². The summed E-state index contributed by atoms with van der Waals surface area (Å²) in [5.41, 5.74) is 1.03. The van der Waals surface area contributed by atoms with Crippen LogP contribution in [0.5, 0.6) is 0 Å². The van der Waals surface area contributed by atoms with Crippen LogP contribution >= 0.6 is 0 Å². The molecule has 2 rings (SSSR count). The lowest BCUT2D eigenvalue weighted by molar-refractivity contribution is 0.0390. The molecule has 0 radical (unpaired) electrons. The Kier molecular flexibility index (Phi) is 4.38. The Hall–Kier alpha value is -1.19. The van der Waals surface area contributed by atoms with E-state index in [9.17, 15) is 4.79 Å². The van der Waals surface area contributed by atoms with Gasteiger partial charge in [-0.2, -0.15) is 0 Å². The second kappa shape index (κ2) is 5.85. The molecule has 1 saturated heterocycles. The third-order valence-electron chi connectivity index (χ3n) is 4.15. The van der Waals surface area contributed by atoms with Gasteiger partial charge in [0, 0.05) is 43.7 Å². The molecule has 1 aliphatic rings. The Morgan fingerprint density at radius 2 is 1.89 bits per heavy atom. The van der Waals surface area contributed by atoms with Crippen LogP contribution in [0.15, 0.2) is 30.3 Å². The van der Waals surface area contributed by atoms with Crippen LogP contribution < -0.4 is 0 Å². The van der Waals surface area contributed by atoms with E-state index in [0.29, 0.717) is 6.42 Å². The van der Waals surface area contributed by atoms with Crippen molar-refractivity contribution in [3.8, 4) is 0 Å². The van der Waals surface area contributed by atoms with Gasteiger partial charge in [-0.05, 0) is 20.9 Å². The summed E-state index contributed by atoms with van der Waals surface area (Å²) in [5, 5.41) is 0. The molecule has 3 nitrogen and oxygen atoms in total. The van der Waals surface area contributed by atoms with Crippen LogP contribution in [0.1, 0.15) is 30.6 Å². The first-order valence-corrected chi connectivity index (χ1v) is 7.01. The van der Waals surface area contributed by atoms with Crippen molar-refractivity contribution in [1.29, 1.82) is 0 Å². The van der Waals surface area contributed by atoms with Gasteiger partial charge in [0.05, 0.1) is 0 Å². The van der Waals surface area contributed by atoms with Crippen LogP contribution in [0.3, 0.4) is 0 Å². The molecule has 0 spiro atoms. The summed E-state index contributed by atoms with van der Waals surface area (Å²) in [6.07, 6.45) is 0.615. The van der Waals surface area contributed by atoms with Crippen LogP contribution in [0.25, 0.3) is 0 Å². The van der Waals surface area contributed by atoms with Gasteiger partial charge in [0.1, 0.15) is 0 Å². The highest BCUT2D eigenvalue weighted by Gasteiger charge is 2.30. The molecule has 1 aliphatic heterocycles.